The van der Waals surface area contributed by atoms with Gasteiger partial charge in [0.1, 0.15) is 11.4 Å². The number of benzene rings is 1. The molecule has 1 aromatic heterocycles. The van der Waals surface area contributed by atoms with Crippen LogP contribution < -0.4 is 4.74 Å². The number of rotatable bonds is 2. The highest BCUT2D eigenvalue weighted by Crippen LogP contribution is 2.37. The molecule has 98 valence electrons. The lowest BCUT2D eigenvalue weighted by atomic mass is 10.1. The summed E-state index contributed by atoms with van der Waals surface area (Å²) in [4.78, 5) is 10.8. The SMILES string of the molecule is O=C(O)c1cc(-c2cc(Cl)cc3c2OCOC3)no1. The van der Waals surface area contributed by atoms with Gasteiger partial charge in [-0.15, -0.1) is 0 Å². The number of aromatic carboxylic acids is 1. The molecule has 6 nitrogen and oxygen atoms in total. The first kappa shape index (κ1) is 12.0. The second kappa shape index (κ2) is 4.56. The van der Waals surface area contributed by atoms with Crippen LogP contribution in [-0.2, 0) is 11.3 Å². The van der Waals surface area contributed by atoms with Crippen molar-refractivity contribution in [1.29, 1.82) is 0 Å². The summed E-state index contributed by atoms with van der Waals surface area (Å²) in [5, 5.41) is 13.0. The molecule has 0 unspecified atom stereocenters. The average Bonchev–Trinajstić information content (AvgIpc) is 2.87. The number of hydrogen-bond acceptors (Lipinski definition) is 5. The lowest BCUT2D eigenvalue weighted by molar-refractivity contribution is -0.0159. The summed E-state index contributed by atoms with van der Waals surface area (Å²) < 4.78 is 15.3. The first-order chi connectivity index (χ1) is 9.15. The van der Waals surface area contributed by atoms with Crippen LogP contribution >= 0.6 is 11.6 Å². The summed E-state index contributed by atoms with van der Waals surface area (Å²) in [5.74, 6) is -0.837. The molecule has 0 spiro atoms. The van der Waals surface area contributed by atoms with E-state index in [4.69, 9.17) is 30.7 Å². The van der Waals surface area contributed by atoms with E-state index in [2.05, 4.69) is 5.16 Å². The van der Waals surface area contributed by atoms with E-state index in [0.717, 1.165) is 5.56 Å². The lowest BCUT2D eigenvalue weighted by Crippen LogP contribution is -2.12. The van der Waals surface area contributed by atoms with Crippen LogP contribution in [-0.4, -0.2) is 23.0 Å². The third-order valence-electron chi connectivity index (χ3n) is 2.67. The van der Waals surface area contributed by atoms with E-state index in [-0.39, 0.29) is 12.6 Å². The zero-order valence-corrected chi connectivity index (χ0v) is 10.3. The molecule has 1 aromatic carbocycles. The van der Waals surface area contributed by atoms with E-state index >= 15 is 0 Å². The van der Waals surface area contributed by atoms with Crippen molar-refractivity contribution in [1.82, 2.24) is 5.16 Å². The van der Waals surface area contributed by atoms with Crippen molar-refractivity contribution in [2.24, 2.45) is 0 Å². The summed E-state index contributed by atoms with van der Waals surface area (Å²) in [6, 6.07) is 4.71. The van der Waals surface area contributed by atoms with Crippen molar-refractivity contribution in [2.75, 3.05) is 6.79 Å². The summed E-state index contributed by atoms with van der Waals surface area (Å²) in [6.07, 6.45) is 0. The van der Waals surface area contributed by atoms with Crippen molar-refractivity contribution in [2.45, 2.75) is 6.61 Å². The van der Waals surface area contributed by atoms with Gasteiger partial charge in [0.25, 0.3) is 0 Å². The van der Waals surface area contributed by atoms with Gasteiger partial charge in [-0.05, 0) is 12.1 Å². The summed E-state index contributed by atoms with van der Waals surface area (Å²) in [7, 11) is 0. The van der Waals surface area contributed by atoms with Crippen LogP contribution in [0.25, 0.3) is 11.3 Å². The van der Waals surface area contributed by atoms with Crippen molar-refractivity contribution < 1.29 is 23.9 Å². The number of aromatic nitrogens is 1. The third kappa shape index (κ3) is 2.16. The second-order valence-electron chi connectivity index (χ2n) is 3.93. The van der Waals surface area contributed by atoms with Crippen molar-refractivity contribution in [3.05, 3.63) is 34.5 Å². The van der Waals surface area contributed by atoms with Crippen molar-refractivity contribution in [3.63, 3.8) is 0 Å². The van der Waals surface area contributed by atoms with E-state index in [1.807, 2.05) is 0 Å². The van der Waals surface area contributed by atoms with Gasteiger partial charge < -0.3 is 19.1 Å². The van der Waals surface area contributed by atoms with E-state index in [9.17, 15) is 4.79 Å². The highest BCUT2D eigenvalue weighted by atomic mass is 35.5. The van der Waals surface area contributed by atoms with Crippen LogP contribution in [0.1, 0.15) is 16.1 Å². The molecule has 3 rings (SSSR count). The number of ether oxygens (including phenoxy) is 2. The minimum Gasteiger partial charge on any atom is -0.475 e. The molecule has 0 saturated heterocycles. The molecule has 2 heterocycles. The number of carboxylic acid groups (broad SMARTS) is 1. The molecule has 0 bridgehead atoms. The maximum atomic E-state index is 10.8. The van der Waals surface area contributed by atoms with Crippen LogP contribution in [0.3, 0.4) is 0 Å². The van der Waals surface area contributed by atoms with Crippen LogP contribution in [0.4, 0.5) is 0 Å². The highest BCUT2D eigenvalue weighted by Gasteiger charge is 2.21. The Morgan fingerprint density at radius 3 is 2.95 bits per heavy atom. The van der Waals surface area contributed by atoms with E-state index in [1.165, 1.54) is 6.07 Å². The number of carbonyl (C=O) groups is 1. The zero-order chi connectivity index (χ0) is 13.4. The van der Waals surface area contributed by atoms with Gasteiger partial charge in [-0.2, -0.15) is 0 Å². The molecule has 0 fully saturated rings. The number of nitrogens with zero attached hydrogens (tertiary/aromatic N) is 1. The summed E-state index contributed by atoms with van der Waals surface area (Å²) >= 11 is 6.02. The molecule has 0 atom stereocenters. The predicted octanol–water partition coefficient (Wildman–Crippen LogP) is 2.56. The van der Waals surface area contributed by atoms with Gasteiger partial charge in [0.2, 0.25) is 5.76 Å². The first-order valence-electron chi connectivity index (χ1n) is 5.38. The topological polar surface area (TPSA) is 81.8 Å². The smallest absolute Gasteiger partial charge is 0.374 e. The Hall–Kier alpha value is -2.05. The van der Waals surface area contributed by atoms with Gasteiger partial charge in [0, 0.05) is 22.2 Å². The fourth-order valence-electron chi connectivity index (χ4n) is 1.87. The fraction of sp³-hybridized carbons (Fsp3) is 0.167. The fourth-order valence-corrected chi connectivity index (χ4v) is 2.11. The predicted molar refractivity (Wildman–Crippen MR) is 64.2 cm³/mol. The second-order valence-corrected chi connectivity index (χ2v) is 4.37. The maximum Gasteiger partial charge on any atom is 0.374 e. The van der Waals surface area contributed by atoms with E-state index < -0.39 is 5.97 Å². The molecule has 19 heavy (non-hydrogen) atoms. The van der Waals surface area contributed by atoms with Gasteiger partial charge >= 0.3 is 5.97 Å². The number of carboxylic acids is 1. The minimum atomic E-state index is -1.18. The Labute approximate surface area is 112 Å². The molecule has 1 aliphatic rings. The monoisotopic (exact) mass is 281 g/mol. The van der Waals surface area contributed by atoms with Crippen LogP contribution in [0, 0.1) is 0 Å². The first-order valence-corrected chi connectivity index (χ1v) is 5.76. The quantitative estimate of drug-likeness (QED) is 0.911. The molecule has 7 heteroatoms. The summed E-state index contributed by atoms with van der Waals surface area (Å²) in [6.45, 7) is 0.512. The van der Waals surface area contributed by atoms with Crippen molar-refractivity contribution in [3.8, 4) is 17.0 Å². The lowest BCUT2D eigenvalue weighted by Gasteiger charge is -2.20. The zero-order valence-electron chi connectivity index (χ0n) is 9.55. The molecule has 1 aliphatic heterocycles. The van der Waals surface area contributed by atoms with Gasteiger partial charge in [-0.25, -0.2) is 4.79 Å². The number of hydrogen-bond donors (Lipinski definition) is 1. The molecule has 2 aromatic rings. The minimum absolute atomic E-state index is 0.130. The Balaban J connectivity index is 2.12. The molecule has 1 N–H and O–H groups in total. The Bertz CT molecular complexity index is 652. The Morgan fingerprint density at radius 2 is 2.21 bits per heavy atom. The molecule has 0 saturated carbocycles. The van der Waals surface area contributed by atoms with Crippen molar-refractivity contribution >= 4 is 17.6 Å². The normalized spacial score (nSPS) is 13.7. The largest absolute Gasteiger partial charge is 0.475 e. The van der Waals surface area contributed by atoms with Gasteiger partial charge in [-0.1, -0.05) is 16.8 Å². The van der Waals surface area contributed by atoms with E-state index in [0.29, 0.717) is 28.6 Å². The molecular weight excluding hydrogens is 274 g/mol. The average molecular weight is 282 g/mol. The molecule has 0 aliphatic carbocycles. The van der Waals surface area contributed by atoms with Gasteiger partial charge in [0.05, 0.1) is 6.61 Å². The van der Waals surface area contributed by atoms with Crippen LogP contribution in [0.2, 0.25) is 5.02 Å². The third-order valence-corrected chi connectivity index (χ3v) is 2.89. The molecule has 0 amide bonds. The van der Waals surface area contributed by atoms with Crippen LogP contribution in [0.5, 0.6) is 5.75 Å². The van der Waals surface area contributed by atoms with E-state index in [1.54, 1.807) is 12.1 Å². The Morgan fingerprint density at radius 1 is 1.37 bits per heavy atom. The number of halogens is 1. The van der Waals surface area contributed by atoms with Gasteiger partial charge in [0.15, 0.2) is 6.79 Å². The number of fused-ring (bicyclic) bond motifs is 1. The molecule has 0 radical (unpaired) electrons. The maximum absolute atomic E-state index is 10.8. The standard InChI is InChI=1S/C12H8ClNO5/c13-7-1-6-4-17-5-18-11(6)8(2-7)9-3-10(12(15)16)19-14-9/h1-3H,4-5H2,(H,15,16). The van der Waals surface area contributed by atoms with Crippen LogP contribution in [0.15, 0.2) is 22.7 Å². The van der Waals surface area contributed by atoms with Gasteiger partial charge in [-0.3, -0.25) is 0 Å². The Kier molecular flexibility index (Phi) is 2.88. The highest BCUT2D eigenvalue weighted by molar-refractivity contribution is 6.31. The summed E-state index contributed by atoms with van der Waals surface area (Å²) in [5.41, 5.74) is 1.73. The molecular formula is C12H8ClNO5.